The first kappa shape index (κ1) is 16.4. The number of hydrogen-bond acceptors (Lipinski definition) is 0. The van der Waals surface area contributed by atoms with Crippen molar-refractivity contribution >= 4 is 21.8 Å². The summed E-state index contributed by atoms with van der Waals surface area (Å²) in [5.41, 5.74) is 8.06. The largest absolute Gasteiger partial charge is 0.285 e. The van der Waals surface area contributed by atoms with E-state index in [1.807, 2.05) is 13.8 Å². The van der Waals surface area contributed by atoms with Crippen LogP contribution in [-0.4, -0.2) is 0 Å². The predicted molar refractivity (Wildman–Crippen MR) is 94.1 cm³/mol. The van der Waals surface area contributed by atoms with Gasteiger partial charge in [-0.3, -0.25) is 0 Å². The van der Waals surface area contributed by atoms with Crippen LogP contribution in [0.2, 0.25) is 0 Å². The van der Waals surface area contributed by atoms with Gasteiger partial charge in [0.2, 0.25) is 0 Å². The Labute approximate surface area is 134 Å². The third kappa shape index (κ3) is 2.37. The van der Waals surface area contributed by atoms with E-state index in [0.29, 0.717) is 0 Å². The zero-order chi connectivity index (χ0) is 16.6. The van der Waals surface area contributed by atoms with Crippen molar-refractivity contribution in [2.75, 3.05) is 0 Å². The van der Waals surface area contributed by atoms with Crippen molar-refractivity contribution in [1.29, 1.82) is 0 Å². The van der Waals surface area contributed by atoms with E-state index in [4.69, 9.17) is 0 Å². The molecule has 116 valence electrons. The topological polar surface area (TPSA) is 7.76 Å². The second-order valence-electron chi connectivity index (χ2n) is 5.95. The summed E-state index contributed by atoms with van der Waals surface area (Å²) in [6.07, 6.45) is 4.46. The van der Waals surface area contributed by atoms with E-state index >= 15 is 0 Å². The molecule has 22 heavy (non-hydrogen) atoms. The quantitative estimate of drug-likeness (QED) is 0.439. The van der Waals surface area contributed by atoms with Gasteiger partial charge in [0, 0.05) is 11.1 Å². The van der Waals surface area contributed by atoms with Crippen LogP contribution in [0.4, 0.5) is 0 Å². The maximum absolute atomic E-state index is 2.27. The maximum atomic E-state index is 2.27. The molecular formula is C20H28N2+2. The lowest BCUT2D eigenvalue weighted by Gasteiger charge is -2.08. The van der Waals surface area contributed by atoms with Crippen molar-refractivity contribution < 1.29 is 9.13 Å². The predicted octanol–water partition coefficient (Wildman–Crippen LogP) is 3.90. The van der Waals surface area contributed by atoms with Crippen LogP contribution in [0, 0.1) is 27.7 Å². The van der Waals surface area contributed by atoms with Crippen LogP contribution < -0.4 is 9.13 Å². The minimum atomic E-state index is 1.32. The molecule has 0 bridgehead atoms. The lowest BCUT2D eigenvalue weighted by Crippen LogP contribution is -2.36. The molecule has 2 heterocycles. The van der Waals surface area contributed by atoms with Gasteiger partial charge in [-0.2, -0.15) is 9.13 Å². The van der Waals surface area contributed by atoms with Gasteiger partial charge >= 0.3 is 0 Å². The molecule has 0 unspecified atom stereocenters. The van der Waals surface area contributed by atoms with Gasteiger partial charge in [-0.15, -0.1) is 0 Å². The Kier molecular flexibility index (Phi) is 4.50. The summed E-state index contributed by atoms with van der Waals surface area (Å²) in [5, 5.41) is 2.69. The molecule has 1 aromatic carbocycles. The highest BCUT2D eigenvalue weighted by Crippen LogP contribution is 2.26. The van der Waals surface area contributed by atoms with Gasteiger partial charge in [-0.25, -0.2) is 0 Å². The Morgan fingerprint density at radius 1 is 0.636 bits per heavy atom. The Morgan fingerprint density at radius 3 is 1.27 bits per heavy atom. The smallest absolute Gasteiger partial charge is 0.195 e. The lowest BCUT2D eigenvalue weighted by atomic mass is 9.99. The van der Waals surface area contributed by atoms with Crippen molar-refractivity contribution in [3.05, 3.63) is 46.8 Å². The molecule has 0 radical (unpaired) electrons. The molecule has 2 nitrogen and oxygen atoms in total. The number of rotatable bonds is 0. The SMILES string of the molecule is CC.Cc1c[n+](C)c2c(ccc3c(C)c(C)c[n+](C)c32)c1C. The molecule has 2 aromatic heterocycles. The van der Waals surface area contributed by atoms with Crippen molar-refractivity contribution in [3.8, 4) is 0 Å². The van der Waals surface area contributed by atoms with Crippen molar-refractivity contribution in [1.82, 2.24) is 0 Å². The molecule has 0 amide bonds. The molecule has 3 aromatic rings. The Balaban J connectivity index is 0.000000847. The molecule has 0 fully saturated rings. The van der Waals surface area contributed by atoms with E-state index < -0.39 is 0 Å². The molecule has 0 saturated heterocycles. The maximum Gasteiger partial charge on any atom is 0.285 e. The van der Waals surface area contributed by atoms with Gasteiger partial charge < -0.3 is 0 Å². The van der Waals surface area contributed by atoms with Gasteiger partial charge in [0.25, 0.3) is 11.0 Å². The highest BCUT2D eigenvalue weighted by atomic mass is 15.0. The van der Waals surface area contributed by atoms with E-state index in [0.717, 1.165) is 0 Å². The summed E-state index contributed by atoms with van der Waals surface area (Å²) in [5.74, 6) is 0. The molecule has 0 aliphatic carbocycles. The van der Waals surface area contributed by atoms with E-state index in [1.54, 1.807) is 0 Å². The standard InChI is InChI=1S/C18H22N2.C2H6/c1-11-9-19(5)17-15(13(11)3)7-8-16-14(4)12(2)10-20(6)18(16)17;1-2/h7-10H,1-6H3;1-2H3/q+2;. The zero-order valence-corrected chi connectivity index (χ0v) is 15.2. The first-order chi connectivity index (χ1) is 10.4. The van der Waals surface area contributed by atoms with Crippen LogP contribution in [0.25, 0.3) is 21.8 Å². The van der Waals surface area contributed by atoms with E-state index in [9.17, 15) is 0 Å². The average molecular weight is 296 g/mol. The molecule has 0 spiro atoms. The summed E-state index contributed by atoms with van der Waals surface area (Å²) >= 11 is 0. The number of hydrogen-bond donors (Lipinski definition) is 0. The molecule has 0 N–H and O–H groups in total. The summed E-state index contributed by atoms with van der Waals surface area (Å²) in [7, 11) is 4.28. The van der Waals surface area contributed by atoms with Crippen molar-refractivity contribution in [2.24, 2.45) is 14.1 Å². The second-order valence-corrected chi connectivity index (χ2v) is 5.95. The molecule has 2 heteroatoms. The summed E-state index contributed by atoms with van der Waals surface area (Å²) in [6, 6.07) is 4.54. The summed E-state index contributed by atoms with van der Waals surface area (Å²) < 4.78 is 4.52. The fourth-order valence-electron chi connectivity index (χ4n) is 3.23. The van der Waals surface area contributed by atoms with E-state index in [1.165, 1.54) is 44.1 Å². The first-order valence-electron chi connectivity index (χ1n) is 8.10. The summed E-state index contributed by atoms with van der Waals surface area (Å²) in [6.45, 7) is 12.8. The number of aromatic nitrogens is 2. The molecule has 3 rings (SSSR count). The Morgan fingerprint density at radius 2 is 0.955 bits per heavy atom. The number of benzene rings is 1. The fraction of sp³-hybridized carbons (Fsp3) is 0.400. The number of pyridine rings is 2. The molecular weight excluding hydrogens is 268 g/mol. The first-order valence-corrected chi connectivity index (χ1v) is 8.10. The van der Waals surface area contributed by atoms with Crippen LogP contribution >= 0.6 is 0 Å². The third-order valence-electron chi connectivity index (χ3n) is 4.62. The molecule has 0 aliphatic heterocycles. The lowest BCUT2D eigenvalue weighted by molar-refractivity contribution is -0.664. The van der Waals surface area contributed by atoms with Crippen LogP contribution in [0.3, 0.4) is 0 Å². The van der Waals surface area contributed by atoms with Gasteiger partial charge in [0.05, 0.1) is 10.8 Å². The van der Waals surface area contributed by atoms with Crippen LogP contribution in [0.15, 0.2) is 24.5 Å². The Hall–Kier alpha value is -1.96. The van der Waals surface area contributed by atoms with Gasteiger partial charge in [0.15, 0.2) is 12.4 Å². The number of aryl methyl sites for hydroxylation is 6. The Bertz CT molecular complexity index is 788. The molecule has 0 aliphatic rings. The zero-order valence-electron chi connectivity index (χ0n) is 15.2. The van der Waals surface area contributed by atoms with Crippen molar-refractivity contribution in [3.63, 3.8) is 0 Å². The third-order valence-corrected chi connectivity index (χ3v) is 4.62. The van der Waals surface area contributed by atoms with Crippen molar-refractivity contribution in [2.45, 2.75) is 41.5 Å². The molecule has 0 atom stereocenters. The van der Waals surface area contributed by atoms with Crippen LogP contribution in [0.5, 0.6) is 0 Å². The highest BCUT2D eigenvalue weighted by Gasteiger charge is 2.22. The summed E-state index contributed by atoms with van der Waals surface area (Å²) in [4.78, 5) is 0. The van der Waals surface area contributed by atoms with Crippen LogP contribution in [-0.2, 0) is 14.1 Å². The average Bonchev–Trinajstić information content (AvgIpc) is 2.51. The molecule has 0 saturated carbocycles. The second kappa shape index (κ2) is 6.04. The van der Waals surface area contributed by atoms with Gasteiger partial charge in [-0.05, 0) is 51.0 Å². The van der Waals surface area contributed by atoms with E-state index in [2.05, 4.69) is 75.5 Å². The van der Waals surface area contributed by atoms with Crippen LogP contribution in [0.1, 0.15) is 36.1 Å². The minimum Gasteiger partial charge on any atom is -0.195 e. The normalized spacial score (nSPS) is 10.7. The van der Waals surface area contributed by atoms with Gasteiger partial charge in [-0.1, -0.05) is 13.8 Å². The fourth-order valence-corrected chi connectivity index (χ4v) is 3.23. The highest BCUT2D eigenvalue weighted by molar-refractivity contribution is 6.01. The van der Waals surface area contributed by atoms with Gasteiger partial charge in [0.1, 0.15) is 14.1 Å². The van der Waals surface area contributed by atoms with E-state index in [-0.39, 0.29) is 0 Å². The minimum absolute atomic E-state index is 1.32. The number of nitrogens with zero attached hydrogens (tertiary/aromatic N) is 2. The number of fused-ring (bicyclic) bond motifs is 3. The monoisotopic (exact) mass is 296 g/mol.